The monoisotopic (exact) mass is 530 g/mol. The number of rotatable bonds is 10. The molecule has 4 nitrogen and oxygen atoms in total. The van der Waals surface area contributed by atoms with Crippen molar-refractivity contribution in [3.8, 4) is 0 Å². The number of carbonyl (C=O) groups excluding carboxylic acids is 2. The zero-order valence-electron chi connectivity index (χ0n) is 17.0. The minimum Gasteiger partial charge on any atom is -0.354 e. The van der Waals surface area contributed by atoms with E-state index in [1.807, 2.05) is 31.2 Å². The molecule has 2 aromatic rings. The van der Waals surface area contributed by atoms with Crippen LogP contribution in [0, 0.1) is 0 Å². The zero-order chi connectivity index (χ0) is 22.1. The molecule has 0 spiro atoms. The molecule has 8 heteroatoms. The molecule has 0 aromatic heterocycles. The topological polar surface area (TPSA) is 49.4 Å². The van der Waals surface area contributed by atoms with Gasteiger partial charge in [0.05, 0.1) is 5.75 Å². The van der Waals surface area contributed by atoms with E-state index in [1.54, 1.807) is 30.0 Å². The standard InChI is InChI=1S/C22H25BrCl2N2O2S/c1-3-11-26-22(29)15(2)27(12-18-19(24)5-4-6-20(18)25)21(28)14-30-13-16-7-9-17(23)10-8-16/h4-10,15H,3,11-14H2,1-2H3,(H,26,29). The molecule has 2 rings (SSSR count). The number of nitrogens with zero attached hydrogens (tertiary/aromatic N) is 1. The highest BCUT2D eigenvalue weighted by atomic mass is 79.9. The molecule has 0 bridgehead atoms. The lowest BCUT2D eigenvalue weighted by Gasteiger charge is -2.29. The lowest BCUT2D eigenvalue weighted by atomic mass is 10.1. The highest BCUT2D eigenvalue weighted by molar-refractivity contribution is 9.10. The summed E-state index contributed by atoms with van der Waals surface area (Å²) in [6.07, 6.45) is 0.825. The van der Waals surface area contributed by atoms with Gasteiger partial charge in [-0.15, -0.1) is 11.8 Å². The third-order valence-corrected chi connectivity index (χ3v) is 6.74. The number of amides is 2. The molecule has 162 valence electrons. The summed E-state index contributed by atoms with van der Waals surface area (Å²) >= 11 is 17.6. The fourth-order valence-corrected chi connectivity index (χ4v) is 4.40. The number of thioether (sulfide) groups is 1. The minimum absolute atomic E-state index is 0.132. The maximum atomic E-state index is 13.1. The van der Waals surface area contributed by atoms with Gasteiger partial charge in [-0.05, 0) is 43.2 Å². The Balaban J connectivity index is 2.11. The van der Waals surface area contributed by atoms with Crippen LogP contribution in [-0.2, 0) is 21.9 Å². The van der Waals surface area contributed by atoms with Crippen LogP contribution in [0.5, 0.6) is 0 Å². The van der Waals surface area contributed by atoms with Gasteiger partial charge in [0.25, 0.3) is 0 Å². The van der Waals surface area contributed by atoms with Crippen LogP contribution in [-0.4, -0.2) is 35.1 Å². The van der Waals surface area contributed by atoms with E-state index in [4.69, 9.17) is 23.2 Å². The quantitative estimate of drug-likeness (QED) is 0.413. The summed E-state index contributed by atoms with van der Waals surface area (Å²) in [6, 6.07) is 12.6. The van der Waals surface area contributed by atoms with Gasteiger partial charge >= 0.3 is 0 Å². The molecule has 2 amide bonds. The van der Waals surface area contributed by atoms with E-state index in [9.17, 15) is 9.59 Å². The van der Waals surface area contributed by atoms with Crippen LogP contribution in [0.2, 0.25) is 10.0 Å². The zero-order valence-corrected chi connectivity index (χ0v) is 20.9. The number of benzene rings is 2. The van der Waals surface area contributed by atoms with E-state index in [0.29, 0.717) is 27.9 Å². The van der Waals surface area contributed by atoms with Gasteiger partial charge in [0, 0.05) is 38.9 Å². The van der Waals surface area contributed by atoms with Gasteiger partial charge in [-0.3, -0.25) is 9.59 Å². The van der Waals surface area contributed by atoms with Crippen LogP contribution >= 0.6 is 50.9 Å². The second kappa shape index (κ2) is 12.6. The average molecular weight is 532 g/mol. The first-order valence-electron chi connectivity index (χ1n) is 9.65. The Labute approximate surface area is 200 Å². The Morgan fingerprint density at radius 3 is 2.37 bits per heavy atom. The predicted molar refractivity (Wildman–Crippen MR) is 130 cm³/mol. The van der Waals surface area contributed by atoms with Crippen molar-refractivity contribution in [2.75, 3.05) is 12.3 Å². The second-order valence-electron chi connectivity index (χ2n) is 6.81. The maximum absolute atomic E-state index is 13.1. The summed E-state index contributed by atoms with van der Waals surface area (Å²) < 4.78 is 1.02. The molecule has 0 saturated carbocycles. The van der Waals surface area contributed by atoms with Crippen molar-refractivity contribution >= 4 is 62.7 Å². The van der Waals surface area contributed by atoms with Crippen molar-refractivity contribution in [3.63, 3.8) is 0 Å². The first-order chi connectivity index (χ1) is 14.3. The van der Waals surface area contributed by atoms with Crippen molar-refractivity contribution in [1.29, 1.82) is 0 Å². The SMILES string of the molecule is CCCNC(=O)C(C)N(Cc1c(Cl)cccc1Cl)C(=O)CSCc1ccc(Br)cc1. The van der Waals surface area contributed by atoms with E-state index in [0.717, 1.165) is 16.5 Å². The molecule has 0 heterocycles. The van der Waals surface area contributed by atoms with E-state index >= 15 is 0 Å². The van der Waals surface area contributed by atoms with Gasteiger partial charge in [0.2, 0.25) is 11.8 Å². The largest absolute Gasteiger partial charge is 0.354 e. The molecule has 0 radical (unpaired) electrons. The van der Waals surface area contributed by atoms with E-state index in [-0.39, 0.29) is 24.1 Å². The van der Waals surface area contributed by atoms with Crippen LogP contribution in [0.15, 0.2) is 46.9 Å². The van der Waals surface area contributed by atoms with E-state index < -0.39 is 6.04 Å². The maximum Gasteiger partial charge on any atom is 0.242 e. The first kappa shape index (κ1) is 25.1. The summed E-state index contributed by atoms with van der Waals surface area (Å²) in [6.45, 7) is 4.45. The number of nitrogens with one attached hydrogen (secondary N) is 1. The Bertz CT molecular complexity index is 844. The molecule has 1 unspecified atom stereocenters. The van der Waals surface area contributed by atoms with Crippen LogP contribution in [0.4, 0.5) is 0 Å². The molecular weight excluding hydrogens is 507 g/mol. The molecular formula is C22H25BrCl2N2O2S. The smallest absolute Gasteiger partial charge is 0.242 e. The Hall–Kier alpha value is -1.21. The molecule has 0 saturated heterocycles. The highest BCUT2D eigenvalue weighted by Gasteiger charge is 2.27. The summed E-state index contributed by atoms with van der Waals surface area (Å²) in [5, 5.41) is 3.81. The predicted octanol–water partition coefficient (Wildman–Crippen LogP) is 5.93. The fourth-order valence-electron chi connectivity index (χ4n) is 2.75. The van der Waals surface area contributed by atoms with Crippen LogP contribution in [0.1, 0.15) is 31.4 Å². The van der Waals surface area contributed by atoms with Gasteiger partial charge in [0.1, 0.15) is 6.04 Å². The van der Waals surface area contributed by atoms with Crippen LogP contribution < -0.4 is 5.32 Å². The normalized spacial score (nSPS) is 11.8. The van der Waals surface area contributed by atoms with Crippen molar-refractivity contribution in [2.24, 2.45) is 0 Å². The van der Waals surface area contributed by atoms with Crippen LogP contribution in [0.3, 0.4) is 0 Å². The number of hydrogen-bond acceptors (Lipinski definition) is 3. The first-order valence-corrected chi connectivity index (χ1v) is 12.4. The van der Waals surface area contributed by atoms with Crippen molar-refractivity contribution in [2.45, 2.75) is 38.6 Å². The van der Waals surface area contributed by atoms with Crippen molar-refractivity contribution in [1.82, 2.24) is 10.2 Å². The summed E-state index contributed by atoms with van der Waals surface area (Å²) in [7, 11) is 0. The van der Waals surface area contributed by atoms with Gasteiger partial charge in [-0.1, -0.05) is 64.3 Å². The Kier molecular flexibility index (Phi) is 10.5. The molecule has 0 aliphatic carbocycles. The lowest BCUT2D eigenvalue weighted by Crippen LogP contribution is -2.48. The third-order valence-electron chi connectivity index (χ3n) is 4.51. The van der Waals surface area contributed by atoms with Gasteiger partial charge in [-0.2, -0.15) is 0 Å². The van der Waals surface area contributed by atoms with E-state index in [2.05, 4.69) is 21.2 Å². The fraction of sp³-hybridized carbons (Fsp3) is 0.364. The minimum atomic E-state index is -0.635. The van der Waals surface area contributed by atoms with Crippen molar-refractivity contribution < 1.29 is 9.59 Å². The van der Waals surface area contributed by atoms with Crippen LogP contribution in [0.25, 0.3) is 0 Å². The molecule has 30 heavy (non-hydrogen) atoms. The molecule has 1 N–H and O–H groups in total. The summed E-state index contributed by atoms with van der Waals surface area (Å²) in [5.74, 6) is 0.637. The van der Waals surface area contributed by atoms with Gasteiger partial charge < -0.3 is 10.2 Å². The molecule has 0 aliphatic rings. The summed E-state index contributed by atoms with van der Waals surface area (Å²) in [4.78, 5) is 27.2. The molecule has 1 atom stereocenters. The second-order valence-corrected chi connectivity index (χ2v) is 9.52. The highest BCUT2D eigenvalue weighted by Crippen LogP contribution is 2.27. The lowest BCUT2D eigenvalue weighted by molar-refractivity contribution is -0.138. The van der Waals surface area contributed by atoms with Gasteiger partial charge in [0.15, 0.2) is 0 Å². The molecule has 0 fully saturated rings. The average Bonchev–Trinajstić information content (AvgIpc) is 2.72. The van der Waals surface area contributed by atoms with E-state index in [1.165, 1.54) is 11.8 Å². The molecule has 2 aromatic carbocycles. The number of carbonyl (C=O) groups is 2. The number of hydrogen-bond donors (Lipinski definition) is 1. The van der Waals surface area contributed by atoms with Crippen molar-refractivity contribution in [3.05, 3.63) is 68.1 Å². The third kappa shape index (κ3) is 7.49. The van der Waals surface area contributed by atoms with Gasteiger partial charge in [-0.25, -0.2) is 0 Å². The summed E-state index contributed by atoms with van der Waals surface area (Å²) in [5.41, 5.74) is 1.77. The Morgan fingerprint density at radius 2 is 1.77 bits per heavy atom. The molecule has 0 aliphatic heterocycles. The number of halogens is 3. The Morgan fingerprint density at radius 1 is 1.13 bits per heavy atom.